The van der Waals surface area contributed by atoms with Crippen molar-refractivity contribution in [3.05, 3.63) is 47.1 Å². The third kappa shape index (κ3) is 7.45. The normalized spacial score (nSPS) is 12.4. The number of hydrogen-bond acceptors (Lipinski definition) is 5. The summed E-state index contributed by atoms with van der Waals surface area (Å²) < 4.78 is 10.8. The fraction of sp³-hybridized carbons (Fsp3) is 0.526. The molecule has 0 aliphatic rings. The van der Waals surface area contributed by atoms with E-state index < -0.39 is 0 Å². The quantitative estimate of drug-likeness (QED) is 0.348. The van der Waals surface area contributed by atoms with Gasteiger partial charge in [0, 0.05) is 26.7 Å². The van der Waals surface area contributed by atoms with Gasteiger partial charge in [-0.1, -0.05) is 35.0 Å². The van der Waals surface area contributed by atoms with Gasteiger partial charge in [0.1, 0.15) is 12.6 Å². The van der Waals surface area contributed by atoms with Crippen molar-refractivity contribution in [2.75, 3.05) is 20.2 Å². The van der Waals surface area contributed by atoms with Gasteiger partial charge in [-0.05, 0) is 33.3 Å². The summed E-state index contributed by atoms with van der Waals surface area (Å²) in [4.78, 5) is 11.0. The van der Waals surface area contributed by atoms with E-state index in [-0.39, 0.29) is 30.1 Å². The van der Waals surface area contributed by atoms with E-state index in [0.717, 1.165) is 19.0 Å². The maximum Gasteiger partial charge on any atom is 0.248 e. The highest BCUT2D eigenvalue weighted by Crippen LogP contribution is 2.13. The molecular formula is C19H30IN5O2. The summed E-state index contributed by atoms with van der Waals surface area (Å²) in [5.41, 5.74) is 2.49. The Balaban J connectivity index is 0.00000364. The van der Waals surface area contributed by atoms with Crippen molar-refractivity contribution in [1.29, 1.82) is 0 Å². The van der Waals surface area contributed by atoms with E-state index in [1.165, 1.54) is 11.1 Å². The minimum Gasteiger partial charge on any atom is -0.371 e. The Morgan fingerprint density at radius 3 is 2.63 bits per heavy atom. The molecule has 2 aromatic rings. The SMILES string of the molecule is CCNC(=NCc1nc(C(C)OCC)no1)N(C)Cc1ccc(C)cc1.I. The van der Waals surface area contributed by atoms with Gasteiger partial charge in [-0.15, -0.1) is 24.0 Å². The van der Waals surface area contributed by atoms with Crippen LogP contribution in [0.2, 0.25) is 0 Å². The van der Waals surface area contributed by atoms with Crippen LogP contribution in [0.3, 0.4) is 0 Å². The zero-order chi connectivity index (χ0) is 18.9. The maximum absolute atomic E-state index is 5.48. The van der Waals surface area contributed by atoms with Gasteiger partial charge in [0.05, 0.1) is 0 Å². The topological polar surface area (TPSA) is 75.8 Å². The number of benzene rings is 1. The van der Waals surface area contributed by atoms with Gasteiger partial charge >= 0.3 is 0 Å². The molecule has 1 atom stereocenters. The smallest absolute Gasteiger partial charge is 0.248 e. The van der Waals surface area contributed by atoms with E-state index in [1.54, 1.807) is 0 Å². The maximum atomic E-state index is 5.48. The number of ether oxygens (including phenoxy) is 1. The van der Waals surface area contributed by atoms with Gasteiger partial charge in [0.15, 0.2) is 11.8 Å². The van der Waals surface area contributed by atoms with Gasteiger partial charge in [0.2, 0.25) is 5.89 Å². The zero-order valence-electron chi connectivity index (χ0n) is 16.7. The molecule has 0 bridgehead atoms. The molecule has 0 saturated heterocycles. The van der Waals surface area contributed by atoms with Crippen molar-refractivity contribution >= 4 is 29.9 Å². The Bertz CT molecular complexity index is 702. The molecule has 0 aliphatic carbocycles. The van der Waals surface area contributed by atoms with E-state index in [1.807, 2.05) is 27.8 Å². The highest BCUT2D eigenvalue weighted by atomic mass is 127. The molecule has 1 aromatic heterocycles. The second-order valence-electron chi connectivity index (χ2n) is 6.16. The highest BCUT2D eigenvalue weighted by Gasteiger charge is 2.14. The van der Waals surface area contributed by atoms with Crippen LogP contribution in [0, 0.1) is 6.92 Å². The Morgan fingerprint density at radius 1 is 1.30 bits per heavy atom. The molecule has 0 fully saturated rings. The summed E-state index contributed by atoms with van der Waals surface area (Å²) in [6, 6.07) is 8.50. The minimum absolute atomic E-state index is 0. The predicted molar refractivity (Wildman–Crippen MR) is 117 cm³/mol. The molecule has 0 saturated carbocycles. The van der Waals surface area contributed by atoms with Crippen molar-refractivity contribution in [2.45, 2.75) is 46.9 Å². The largest absolute Gasteiger partial charge is 0.371 e. The summed E-state index contributed by atoms with van der Waals surface area (Å²) >= 11 is 0. The average Bonchev–Trinajstić information content (AvgIpc) is 3.10. The van der Waals surface area contributed by atoms with Crippen molar-refractivity contribution < 1.29 is 9.26 Å². The Labute approximate surface area is 178 Å². The second-order valence-corrected chi connectivity index (χ2v) is 6.16. The van der Waals surface area contributed by atoms with Gasteiger partial charge in [-0.25, -0.2) is 4.99 Å². The standard InChI is InChI=1S/C19H29N5O2.HI/c1-6-20-19(24(5)13-16-10-8-14(3)9-11-16)21-12-17-22-18(23-26-17)15(4)25-7-2;/h8-11,15H,6-7,12-13H2,1-5H3,(H,20,21);1H. The molecule has 0 spiro atoms. The summed E-state index contributed by atoms with van der Waals surface area (Å²) in [5, 5.41) is 7.26. The highest BCUT2D eigenvalue weighted by molar-refractivity contribution is 14.0. The first kappa shape index (κ1) is 23.4. The van der Waals surface area contributed by atoms with Crippen molar-refractivity contribution in [1.82, 2.24) is 20.4 Å². The van der Waals surface area contributed by atoms with Crippen LogP contribution >= 0.6 is 24.0 Å². The zero-order valence-corrected chi connectivity index (χ0v) is 19.1. The van der Waals surface area contributed by atoms with Crippen LogP contribution in [0.15, 0.2) is 33.8 Å². The Hall–Kier alpha value is -1.68. The molecule has 7 nitrogen and oxygen atoms in total. The lowest BCUT2D eigenvalue weighted by atomic mass is 10.1. The van der Waals surface area contributed by atoms with E-state index in [9.17, 15) is 0 Å². The molecule has 1 aromatic carbocycles. The van der Waals surface area contributed by atoms with Crippen molar-refractivity contribution in [3.63, 3.8) is 0 Å². The number of hydrogen-bond donors (Lipinski definition) is 1. The molecule has 0 radical (unpaired) electrons. The van der Waals surface area contributed by atoms with Gasteiger partial charge in [0.25, 0.3) is 0 Å². The van der Waals surface area contributed by atoms with Crippen LogP contribution in [0.5, 0.6) is 0 Å². The number of halogens is 1. The lowest BCUT2D eigenvalue weighted by molar-refractivity contribution is 0.0683. The van der Waals surface area contributed by atoms with Gasteiger partial charge in [-0.3, -0.25) is 0 Å². The summed E-state index contributed by atoms with van der Waals surface area (Å²) in [6.07, 6.45) is -0.182. The molecule has 150 valence electrons. The first-order valence-corrected chi connectivity index (χ1v) is 9.02. The van der Waals surface area contributed by atoms with Crippen molar-refractivity contribution in [3.8, 4) is 0 Å². The molecule has 27 heavy (non-hydrogen) atoms. The number of guanidine groups is 1. The molecule has 1 N–H and O–H groups in total. The first-order valence-electron chi connectivity index (χ1n) is 9.02. The molecule has 1 unspecified atom stereocenters. The van der Waals surface area contributed by atoms with Crippen LogP contribution < -0.4 is 5.32 Å². The van der Waals surface area contributed by atoms with Gasteiger partial charge in [-0.2, -0.15) is 4.98 Å². The van der Waals surface area contributed by atoms with E-state index in [0.29, 0.717) is 24.9 Å². The molecule has 2 rings (SSSR count). The third-order valence-electron chi connectivity index (χ3n) is 3.86. The van der Waals surface area contributed by atoms with Crippen LogP contribution in [-0.4, -0.2) is 41.2 Å². The fourth-order valence-electron chi connectivity index (χ4n) is 2.48. The van der Waals surface area contributed by atoms with Crippen LogP contribution in [0.1, 0.15) is 49.7 Å². The number of aliphatic imine (C=N–C) groups is 1. The Kier molecular flexibility index (Phi) is 10.3. The summed E-state index contributed by atoms with van der Waals surface area (Å²) in [5.74, 6) is 1.83. The van der Waals surface area contributed by atoms with Gasteiger partial charge < -0.3 is 19.5 Å². The average molecular weight is 487 g/mol. The van der Waals surface area contributed by atoms with Crippen LogP contribution in [0.25, 0.3) is 0 Å². The van der Waals surface area contributed by atoms with Crippen LogP contribution in [-0.2, 0) is 17.8 Å². The number of rotatable bonds is 8. The fourth-order valence-corrected chi connectivity index (χ4v) is 2.48. The summed E-state index contributed by atoms with van der Waals surface area (Å²) in [7, 11) is 2.01. The number of nitrogens with zero attached hydrogens (tertiary/aromatic N) is 4. The molecule has 0 amide bonds. The minimum atomic E-state index is -0.182. The monoisotopic (exact) mass is 487 g/mol. The lowest BCUT2D eigenvalue weighted by Gasteiger charge is -2.22. The molecule has 0 aliphatic heterocycles. The summed E-state index contributed by atoms with van der Waals surface area (Å²) in [6.45, 7) is 10.5. The number of aryl methyl sites for hydroxylation is 1. The predicted octanol–water partition coefficient (Wildman–Crippen LogP) is 3.69. The van der Waals surface area contributed by atoms with Crippen molar-refractivity contribution in [2.24, 2.45) is 4.99 Å². The number of aromatic nitrogens is 2. The van der Waals surface area contributed by atoms with E-state index >= 15 is 0 Å². The lowest BCUT2D eigenvalue weighted by Crippen LogP contribution is -2.38. The molecular weight excluding hydrogens is 457 g/mol. The Morgan fingerprint density at radius 2 is 2.00 bits per heavy atom. The van der Waals surface area contributed by atoms with E-state index in [4.69, 9.17) is 9.26 Å². The third-order valence-corrected chi connectivity index (χ3v) is 3.86. The molecule has 1 heterocycles. The van der Waals surface area contributed by atoms with E-state index in [2.05, 4.69) is 56.5 Å². The van der Waals surface area contributed by atoms with Crippen LogP contribution in [0.4, 0.5) is 0 Å². The first-order chi connectivity index (χ1) is 12.5. The number of nitrogens with one attached hydrogen (secondary N) is 1. The molecule has 8 heteroatoms. The second kappa shape index (κ2) is 11.9.